The van der Waals surface area contributed by atoms with Crippen LogP contribution in [0.2, 0.25) is 10.0 Å². The van der Waals surface area contributed by atoms with Crippen LogP contribution in [0.5, 0.6) is 5.75 Å². The molecule has 2 aromatic rings. The molecule has 0 saturated carbocycles. The minimum absolute atomic E-state index is 0.0874. The molecule has 8 heteroatoms. The van der Waals surface area contributed by atoms with Crippen molar-refractivity contribution < 1.29 is 13.2 Å². The lowest BCUT2D eigenvalue weighted by molar-refractivity contribution is 0.359. The summed E-state index contributed by atoms with van der Waals surface area (Å²) >= 11 is 13.4. The van der Waals surface area contributed by atoms with Gasteiger partial charge >= 0.3 is 0 Å². The molecular formula is C15H11Cl2NO3S2. The normalized spacial score (nSPS) is 11.0. The fourth-order valence-electron chi connectivity index (χ4n) is 1.70. The maximum absolute atomic E-state index is 11.5. The van der Waals surface area contributed by atoms with Crippen LogP contribution in [0.1, 0.15) is 0 Å². The minimum Gasteiger partial charge on any atom is -0.478 e. The fraction of sp³-hybridized carbons (Fsp3) is 0.133. The minimum atomic E-state index is -3.32. The highest BCUT2D eigenvalue weighted by atomic mass is 35.5. The number of rotatable bonds is 5. The predicted molar refractivity (Wildman–Crippen MR) is 91.2 cm³/mol. The summed E-state index contributed by atoms with van der Waals surface area (Å²) in [5.41, 5.74) is 0. The maximum atomic E-state index is 11.5. The third kappa shape index (κ3) is 4.79. The molecule has 0 N–H and O–H groups in total. The van der Waals surface area contributed by atoms with E-state index >= 15 is 0 Å². The topological polar surface area (TPSA) is 67.2 Å². The lowest BCUT2D eigenvalue weighted by atomic mass is 10.3. The molecule has 0 unspecified atom stereocenters. The average Bonchev–Trinajstić information content (AvgIpc) is 2.47. The van der Waals surface area contributed by atoms with E-state index in [0.29, 0.717) is 25.6 Å². The molecule has 0 aliphatic heterocycles. The summed E-state index contributed by atoms with van der Waals surface area (Å²) in [4.78, 5) is 1.49. The van der Waals surface area contributed by atoms with Crippen LogP contribution in [-0.4, -0.2) is 21.3 Å². The van der Waals surface area contributed by atoms with Crippen LogP contribution in [0.15, 0.2) is 51.1 Å². The Bertz CT molecular complexity index is 877. The first-order chi connectivity index (χ1) is 10.8. The van der Waals surface area contributed by atoms with Gasteiger partial charge < -0.3 is 4.74 Å². The Labute approximate surface area is 148 Å². The van der Waals surface area contributed by atoms with Crippen LogP contribution >= 0.6 is 35.0 Å². The summed E-state index contributed by atoms with van der Waals surface area (Å²) in [6, 6.07) is 11.4. The first-order valence-electron chi connectivity index (χ1n) is 6.28. The molecular weight excluding hydrogens is 377 g/mol. The lowest BCUT2D eigenvalue weighted by Crippen LogP contribution is -1.97. The van der Waals surface area contributed by atoms with Crippen LogP contribution < -0.4 is 4.74 Å². The smallest absolute Gasteiger partial charge is 0.175 e. The molecule has 0 aromatic heterocycles. The van der Waals surface area contributed by atoms with Crippen molar-refractivity contribution >= 4 is 44.8 Å². The van der Waals surface area contributed by atoms with Gasteiger partial charge in [0.25, 0.3) is 0 Å². The van der Waals surface area contributed by atoms with Crippen molar-refractivity contribution in [1.82, 2.24) is 0 Å². The molecule has 0 fully saturated rings. The number of ether oxygens (including phenoxy) is 1. The Kier molecular flexibility index (Phi) is 5.82. The predicted octanol–water partition coefficient (Wildman–Crippen LogP) is 4.45. The van der Waals surface area contributed by atoms with Gasteiger partial charge in [0.05, 0.1) is 14.8 Å². The highest BCUT2D eigenvalue weighted by Gasteiger charge is 2.13. The van der Waals surface area contributed by atoms with E-state index in [0.717, 1.165) is 6.26 Å². The zero-order valence-electron chi connectivity index (χ0n) is 11.9. The second-order valence-electron chi connectivity index (χ2n) is 4.50. The van der Waals surface area contributed by atoms with Gasteiger partial charge in [-0.2, -0.15) is 5.26 Å². The molecule has 0 bridgehead atoms. The molecule has 4 nitrogen and oxygen atoms in total. The molecule has 0 amide bonds. The molecule has 23 heavy (non-hydrogen) atoms. The number of hydrogen-bond donors (Lipinski definition) is 0. The van der Waals surface area contributed by atoms with Crippen LogP contribution in [0.3, 0.4) is 0 Å². The Balaban J connectivity index is 2.36. The first kappa shape index (κ1) is 18.0. The molecule has 2 aromatic carbocycles. The summed E-state index contributed by atoms with van der Waals surface area (Å²) in [7, 11) is -3.32. The van der Waals surface area contributed by atoms with Gasteiger partial charge in [0.2, 0.25) is 0 Å². The largest absolute Gasteiger partial charge is 0.478 e. The lowest BCUT2D eigenvalue weighted by Gasteiger charge is -2.11. The van der Waals surface area contributed by atoms with Crippen LogP contribution in [-0.2, 0) is 9.84 Å². The number of sulfone groups is 1. The zero-order chi connectivity index (χ0) is 17.0. The Morgan fingerprint density at radius 3 is 2.52 bits per heavy atom. The monoisotopic (exact) mass is 387 g/mol. The van der Waals surface area contributed by atoms with E-state index in [1.54, 1.807) is 24.3 Å². The van der Waals surface area contributed by atoms with Crippen molar-refractivity contribution in [2.75, 3.05) is 12.9 Å². The molecule has 0 spiro atoms. The summed E-state index contributed by atoms with van der Waals surface area (Å²) in [6.45, 7) is -0.0874. The number of nitrogens with zero attached hydrogens (tertiary/aromatic N) is 1. The van der Waals surface area contributed by atoms with Crippen LogP contribution in [0, 0.1) is 11.3 Å². The summed E-state index contributed by atoms with van der Waals surface area (Å²) < 4.78 is 28.4. The molecule has 0 aliphatic carbocycles. The van der Waals surface area contributed by atoms with Gasteiger partial charge in [0.1, 0.15) is 11.8 Å². The summed E-state index contributed by atoms with van der Waals surface area (Å²) in [5.74, 6) is 0.504. The molecule has 0 aliphatic rings. The Morgan fingerprint density at radius 1 is 1.17 bits per heavy atom. The van der Waals surface area contributed by atoms with E-state index in [-0.39, 0.29) is 11.5 Å². The maximum Gasteiger partial charge on any atom is 0.175 e. The Morgan fingerprint density at radius 2 is 1.91 bits per heavy atom. The highest BCUT2D eigenvalue weighted by Crippen LogP contribution is 2.40. The van der Waals surface area contributed by atoms with Gasteiger partial charge in [-0.1, -0.05) is 35.0 Å². The van der Waals surface area contributed by atoms with Crippen LogP contribution in [0.25, 0.3) is 0 Å². The second-order valence-corrected chi connectivity index (χ2v) is 8.45. The van der Waals surface area contributed by atoms with Gasteiger partial charge in [0, 0.05) is 16.2 Å². The SMILES string of the molecule is CS(=O)(=O)c1ccc(Sc2cc(Cl)ccc2OCC#N)c(Cl)c1. The molecule has 0 radical (unpaired) electrons. The average molecular weight is 388 g/mol. The van der Waals surface area contributed by atoms with Crippen molar-refractivity contribution in [2.45, 2.75) is 14.7 Å². The molecule has 2 rings (SSSR count). The van der Waals surface area contributed by atoms with E-state index in [1.807, 2.05) is 6.07 Å². The fourth-order valence-corrected chi connectivity index (χ4v) is 3.89. The number of nitriles is 1. The van der Waals surface area contributed by atoms with Crippen molar-refractivity contribution in [3.05, 3.63) is 46.4 Å². The summed E-state index contributed by atoms with van der Waals surface area (Å²) in [5, 5.41) is 9.45. The van der Waals surface area contributed by atoms with E-state index in [1.165, 1.54) is 23.9 Å². The molecule has 0 heterocycles. The van der Waals surface area contributed by atoms with Crippen molar-refractivity contribution in [2.24, 2.45) is 0 Å². The second kappa shape index (κ2) is 7.45. The number of hydrogen-bond acceptors (Lipinski definition) is 5. The zero-order valence-corrected chi connectivity index (χ0v) is 15.1. The van der Waals surface area contributed by atoms with Gasteiger partial charge in [-0.25, -0.2) is 8.42 Å². The van der Waals surface area contributed by atoms with E-state index in [2.05, 4.69) is 0 Å². The van der Waals surface area contributed by atoms with Crippen molar-refractivity contribution in [1.29, 1.82) is 5.26 Å². The van der Waals surface area contributed by atoms with E-state index in [4.69, 9.17) is 33.2 Å². The summed E-state index contributed by atoms with van der Waals surface area (Å²) in [6.07, 6.45) is 1.12. The quantitative estimate of drug-likeness (QED) is 0.757. The third-order valence-electron chi connectivity index (χ3n) is 2.75. The standard InChI is InChI=1S/C15H11Cl2NO3S2/c1-23(19,20)11-3-5-14(12(17)9-11)22-15-8-10(16)2-4-13(15)21-7-6-18/h2-5,8-9H,7H2,1H3. The van der Waals surface area contributed by atoms with Gasteiger partial charge in [-0.3, -0.25) is 0 Å². The van der Waals surface area contributed by atoms with E-state index < -0.39 is 9.84 Å². The third-order valence-corrected chi connectivity index (χ3v) is 5.63. The molecule has 0 atom stereocenters. The first-order valence-corrected chi connectivity index (χ1v) is 9.74. The van der Waals surface area contributed by atoms with Gasteiger partial charge in [-0.15, -0.1) is 0 Å². The number of halogens is 2. The van der Waals surface area contributed by atoms with E-state index in [9.17, 15) is 8.42 Å². The molecule has 0 saturated heterocycles. The molecule has 120 valence electrons. The van der Waals surface area contributed by atoms with Crippen molar-refractivity contribution in [3.63, 3.8) is 0 Å². The van der Waals surface area contributed by atoms with Gasteiger partial charge in [-0.05, 0) is 36.4 Å². The van der Waals surface area contributed by atoms with Crippen molar-refractivity contribution in [3.8, 4) is 11.8 Å². The highest BCUT2D eigenvalue weighted by molar-refractivity contribution is 7.99. The Hall–Kier alpha value is -1.39. The number of benzene rings is 2. The van der Waals surface area contributed by atoms with Gasteiger partial charge in [0.15, 0.2) is 16.4 Å². The van der Waals surface area contributed by atoms with Crippen LogP contribution in [0.4, 0.5) is 0 Å².